The zero-order chi connectivity index (χ0) is 76.7. The summed E-state index contributed by atoms with van der Waals surface area (Å²) in [4.78, 5) is 163. The van der Waals surface area contributed by atoms with Crippen molar-refractivity contribution in [1.82, 2.24) is 57.2 Å². The van der Waals surface area contributed by atoms with Gasteiger partial charge in [0.2, 0.25) is 60.1 Å². The zero-order valence-corrected chi connectivity index (χ0v) is 62.5. The lowest BCUT2D eigenvalue weighted by molar-refractivity contribution is -0.158. The Balaban J connectivity index is 0.000000424. The molecule has 26 nitrogen and oxygen atoms in total. The molecule has 30 heteroatoms. The maximum atomic E-state index is 14.2. The summed E-state index contributed by atoms with van der Waals surface area (Å²) in [5.74, 6) is -8.15. The van der Waals surface area contributed by atoms with Crippen molar-refractivity contribution >= 4 is 71.3 Å². The van der Waals surface area contributed by atoms with Crippen LogP contribution in [0.4, 0.5) is 27.2 Å². The van der Waals surface area contributed by atoms with Crippen LogP contribution < -0.4 is 42.5 Å². The van der Waals surface area contributed by atoms with Crippen LogP contribution in [0.25, 0.3) is 0 Å². The normalized spacial score (nSPS) is 21.5. The van der Waals surface area contributed by atoms with Gasteiger partial charge in [-0.25, -0.2) is 31.9 Å². The monoisotopic (exact) mass is 1420 g/mol. The third-order valence-electron chi connectivity index (χ3n) is 18.0. The molecule has 100 heavy (non-hydrogen) atoms. The third-order valence-corrected chi connectivity index (χ3v) is 18.0. The molecule has 5 rings (SSSR count). The highest BCUT2D eigenvalue weighted by Gasteiger charge is 2.71. The van der Waals surface area contributed by atoms with E-state index in [1.54, 1.807) is 148 Å². The lowest BCUT2D eigenvalue weighted by atomic mass is 9.85. The second-order valence-corrected chi connectivity index (χ2v) is 33.3. The Morgan fingerprint density at radius 3 is 1.37 bits per heavy atom. The number of alkyl carbamates (subject to hydrolysis) is 1. The van der Waals surface area contributed by atoms with Crippen LogP contribution in [-0.2, 0) is 62.2 Å². The van der Waals surface area contributed by atoms with Crippen molar-refractivity contribution in [3.8, 4) is 0 Å². The van der Waals surface area contributed by atoms with Gasteiger partial charge in [0.25, 0.3) is 0 Å². The molecule has 0 spiro atoms. The van der Waals surface area contributed by atoms with Gasteiger partial charge in [-0.15, -0.1) is 0 Å². The van der Waals surface area contributed by atoms with Crippen molar-refractivity contribution in [2.24, 2.45) is 51.2 Å². The molecule has 11 amide bonds. The van der Waals surface area contributed by atoms with E-state index in [4.69, 9.17) is 14.2 Å². The fourth-order valence-electron chi connectivity index (χ4n) is 12.7. The smallest absolute Gasteiger partial charge is 0.408 e. The summed E-state index contributed by atoms with van der Waals surface area (Å²) < 4.78 is 70.7. The lowest BCUT2D eigenvalue weighted by Gasteiger charge is -2.38. The molecular weight excluding hydrogens is 1310 g/mol. The minimum Gasteiger partial charge on any atom is -0.460 e. The molecule has 2 heterocycles. The van der Waals surface area contributed by atoms with Gasteiger partial charge in [0, 0.05) is 46.6 Å². The highest BCUT2D eigenvalue weighted by Crippen LogP contribution is 2.66. The Morgan fingerprint density at radius 2 is 0.980 bits per heavy atom. The van der Waals surface area contributed by atoms with E-state index in [1.165, 1.54) is 28.8 Å². The van der Waals surface area contributed by atoms with Gasteiger partial charge in [0.1, 0.15) is 65.1 Å². The number of amides is 11. The van der Waals surface area contributed by atoms with E-state index in [-0.39, 0.29) is 66.5 Å². The molecule has 0 aromatic heterocycles. The molecule has 0 radical (unpaired) electrons. The number of urea groups is 1. The number of nitrogens with one attached hydrogen (secondary N) is 8. The van der Waals surface area contributed by atoms with Crippen molar-refractivity contribution in [2.45, 2.75) is 243 Å². The zero-order valence-electron chi connectivity index (χ0n) is 62.5. The van der Waals surface area contributed by atoms with Crippen LogP contribution in [0.1, 0.15) is 176 Å². The predicted molar refractivity (Wildman–Crippen MR) is 362 cm³/mol. The Morgan fingerprint density at radius 1 is 0.560 bits per heavy atom. The molecule has 4 unspecified atom stereocenters. The average molecular weight is 1420 g/mol. The molecule has 0 bridgehead atoms. The topological polar surface area (TPSA) is 338 Å². The first-order chi connectivity index (χ1) is 45.5. The van der Waals surface area contributed by atoms with Crippen LogP contribution in [0.3, 0.4) is 0 Å². The minimum atomic E-state index is -2.99. The predicted octanol–water partition coefficient (Wildman–Crippen LogP) is 6.15. The van der Waals surface area contributed by atoms with E-state index < -0.39 is 180 Å². The highest BCUT2D eigenvalue weighted by atomic mass is 19.3. The Hall–Kier alpha value is -7.82. The number of likely N-dealkylation sites (N-methyl/N-ethyl adjacent to an activating group) is 1. The second-order valence-electron chi connectivity index (χ2n) is 33.3. The largest absolute Gasteiger partial charge is 0.460 e. The number of nitrogens with zero attached hydrogens (tertiary/aromatic N) is 3. The second kappa shape index (κ2) is 32.9. The van der Waals surface area contributed by atoms with E-state index in [2.05, 4.69) is 42.5 Å². The number of benzene rings is 1. The molecule has 2 saturated carbocycles. The van der Waals surface area contributed by atoms with Crippen LogP contribution >= 0.6 is 0 Å². The number of alkyl halides is 4. The number of hydrogen-bond donors (Lipinski definition) is 8. The van der Waals surface area contributed by atoms with Gasteiger partial charge >= 0.3 is 24.1 Å². The lowest BCUT2D eigenvalue weighted by Crippen LogP contribution is -2.62. The number of ether oxygens (including phenoxy) is 3. The number of fused-ring (bicyclic) bond motifs is 2. The fourth-order valence-corrected chi connectivity index (χ4v) is 12.7. The van der Waals surface area contributed by atoms with Gasteiger partial charge < -0.3 is 71.4 Å². The van der Waals surface area contributed by atoms with E-state index in [1.807, 2.05) is 27.7 Å². The molecular formula is C70H111F4N11O15. The first-order valence-corrected chi connectivity index (χ1v) is 33.9. The first kappa shape index (κ1) is 84.6. The van der Waals surface area contributed by atoms with E-state index in [0.29, 0.717) is 5.56 Å². The first-order valence-electron chi connectivity index (χ1n) is 33.9. The number of halogens is 4. The average Bonchev–Trinajstić information content (AvgIpc) is 1.53. The van der Waals surface area contributed by atoms with Crippen molar-refractivity contribution in [3.63, 3.8) is 0 Å². The standard InChI is InChI=1S/C35H52F2N6O7.C35H59F2N5O8/c1-33(2,3)27(41-32(49)50-34(4,5)6)31(48)43-18-20-24(35(20,7)8)26(43)29(46)39-21(16-22(36)37)28(45)38-17-23(44)40-25(30(47)42(9)10)19-14-12-11-13-15-19;1-18(2)24(30(47)50-34(9,10)11)40-31(48)41-26(32(3,4)5)29(46)42-17-19-23(35(19,12)13)25(42)28(45)39-20(16-21(36)37)27(44)38-15-14-22(43)49-33(6,7)8/h11-15,20-22,24-27H,16-18H2,1-10H3,(H,38,45)(H,39,46)(H,40,44)(H,41,49);18-21,23-26H,14-17H2,1-13H3,(H,38,44)(H,39,45)(H2,40,41,48)/t20?,21-,24?,25-,26-,27+;19?,20-,23?,24-,25-,26+/m00/s1. The summed E-state index contributed by atoms with van der Waals surface area (Å²) in [6.07, 6.45) is -8.97. The van der Waals surface area contributed by atoms with Gasteiger partial charge in [-0.05, 0) is 119 Å². The molecule has 8 N–H and O–H groups in total. The molecule has 2 aliphatic carbocycles. The summed E-state index contributed by atoms with van der Waals surface area (Å²) >= 11 is 0. The summed E-state index contributed by atoms with van der Waals surface area (Å²) in [5, 5.41) is 20.1. The molecule has 4 aliphatic rings. The molecule has 1 aromatic rings. The number of carbonyl (C=O) groups is 12. The van der Waals surface area contributed by atoms with E-state index in [0.717, 1.165) is 0 Å². The summed E-state index contributed by atoms with van der Waals surface area (Å²) in [7, 11) is 3.04. The Kier molecular flexibility index (Phi) is 27.8. The van der Waals surface area contributed by atoms with E-state index in [9.17, 15) is 75.1 Å². The summed E-state index contributed by atoms with van der Waals surface area (Å²) in [5.41, 5.74) is -4.20. The van der Waals surface area contributed by atoms with Crippen molar-refractivity contribution < 1.29 is 89.3 Å². The number of piperidine rings is 2. The Bertz CT molecular complexity index is 3130. The van der Waals surface area contributed by atoms with Crippen LogP contribution in [0.2, 0.25) is 0 Å². The quantitative estimate of drug-likeness (QED) is 0.0309. The number of esters is 2. The van der Waals surface area contributed by atoms with Crippen molar-refractivity contribution in [3.05, 3.63) is 35.9 Å². The van der Waals surface area contributed by atoms with Crippen LogP contribution in [0.5, 0.6) is 0 Å². The maximum absolute atomic E-state index is 14.2. The highest BCUT2D eigenvalue weighted by molar-refractivity contribution is 5.98. The van der Waals surface area contributed by atoms with Gasteiger partial charge in [0.05, 0.1) is 13.0 Å². The fraction of sp³-hybridized carbons (Fsp3) is 0.743. The van der Waals surface area contributed by atoms with Crippen LogP contribution in [-0.4, -0.2) is 198 Å². The van der Waals surface area contributed by atoms with Gasteiger partial charge in [-0.3, -0.25) is 43.2 Å². The van der Waals surface area contributed by atoms with Gasteiger partial charge in [-0.1, -0.05) is 113 Å². The number of likely N-dealkylation sites (tertiary alicyclic amines) is 2. The molecule has 12 atom stereocenters. The van der Waals surface area contributed by atoms with Gasteiger partial charge in [0.15, 0.2) is 0 Å². The third kappa shape index (κ3) is 23.6. The van der Waals surface area contributed by atoms with Crippen LogP contribution in [0.15, 0.2) is 30.3 Å². The molecule has 4 fully saturated rings. The number of rotatable bonds is 25. The number of hydrogen-bond acceptors (Lipinski definition) is 15. The molecule has 2 saturated heterocycles. The van der Waals surface area contributed by atoms with Gasteiger partial charge in [-0.2, -0.15) is 0 Å². The number of carbonyl (C=O) groups excluding carboxylic acids is 12. The van der Waals surface area contributed by atoms with Crippen LogP contribution in [0, 0.1) is 51.2 Å². The minimum absolute atomic E-state index is 0.0714. The summed E-state index contributed by atoms with van der Waals surface area (Å²) in [6.45, 7) is 36.5. The maximum Gasteiger partial charge on any atom is 0.408 e. The summed E-state index contributed by atoms with van der Waals surface area (Å²) in [6, 6.07) is -2.23. The van der Waals surface area contributed by atoms with Crippen molar-refractivity contribution in [2.75, 3.05) is 40.3 Å². The molecule has 1 aromatic carbocycles. The molecule has 2 aliphatic heterocycles. The van der Waals surface area contributed by atoms with Crippen molar-refractivity contribution in [1.29, 1.82) is 0 Å². The molecule has 564 valence electrons. The Labute approximate surface area is 585 Å². The SMILES string of the molecule is CC(C)[C@H](NC(=O)N[C@H](C(=O)N1CC2C([C@H]1C(=O)N[C@@H](CC(F)F)C(=O)NCCC(=O)OC(C)(C)C)C2(C)C)C(C)(C)C)C(=O)OC(C)(C)C.CN(C)C(=O)[C@@H](NC(=O)CNC(=O)[C@H](CC(F)F)NC(=O)[C@@H]1C2C(CN1C(=O)[C@@H](NC(=O)OC(C)(C)C)C(C)(C)C)C2(C)C)c1ccccc1. The van der Waals surface area contributed by atoms with E-state index >= 15 is 0 Å².